The van der Waals surface area contributed by atoms with Gasteiger partial charge in [-0.25, -0.2) is 19.9 Å². The third-order valence-electron chi connectivity index (χ3n) is 5.36. The van der Waals surface area contributed by atoms with Gasteiger partial charge in [-0.2, -0.15) is 0 Å². The van der Waals surface area contributed by atoms with E-state index in [9.17, 15) is 0 Å². The van der Waals surface area contributed by atoms with Gasteiger partial charge in [-0.3, -0.25) is 4.90 Å². The molecular formula is C18H25N7. The van der Waals surface area contributed by atoms with Crippen molar-refractivity contribution in [2.24, 2.45) is 0 Å². The minimum atomic E-state index is 0.134. The third-order valence-corrected chi connectivity index (χ3v) is 5.36. The number of nitrogens with two attached hydrogens (primary N) is 1. The Bertz CT molecular complexity index is 742. The van der Waals surface area contributed by atoms with Gasteiger partial charge in [0, 0.05) is 49.2 Å². The molecule has 7 heteroatoms. The van der Waals surface area contributed by atoms with Crippen molar-refractivity contribution in [3.63, 3.8) is 0 Å². The maximum atomic E-state index is 5.86. The van der Waals surface area contributed by atoms with Gasteiger partial charge in [0.2, 0.25) is 11.9 Å². The Kier molecular flexibility index (Phi) is 4.25. The van der Waals surface area contributed by atoms with Crippen molar-refractivity contribution in [1.82, 2.24) is 24.8 Å². The smallest absolute Gasteiger partial charge is 0.222 e. The number of aromatic nitrogens is 4. The van der Waals surface area contributed by atoms with Gasteiger partial charge < -0.3 is 11.1 Å². The van der Waals surface area contributed by atoms with Crippen LogP contribution in [-0.4, -0.2) is 44.5 Å². The first-order valence-corrected chi connectivity index (χ1v) is 9.07. The number of nitrogens with one attached hydrogen (secondary N) is 1. The van der Waals surface area contributed by atoms with Gasteiger partial charge in [-0.1, -0.05) is 0 Å². The van der Waals surface area contributed by atoms with E-state index < -0.39 is 0 Å². The van der Waals surface area contributed by atoms with Crippen LogP contribution in [0.5, 0.6) is 0 Å². The summed E-state index contributed by atoms with van der Waals surface area (Å²) in [6, 6.07) is 0. The number of hydrogen-bond donors (Lipinski definition) is 2. The number of nitrogen functional groups attached to an aromatic ring is 1. The molecule has 3 heterocycles. The summed E-state index contributed by atoms with van der Waals surface area (Å²) in [5.74, 6) is 1.09. The molecule has 0 bridgehead atoms. The van der Waals surface area contributed by atoms with Crippen molar-refractivity contribution in [3.8, 4) is 0 Å². The summed E-state index contributed by atoms with van der Waals surface area (Å²) in [6.45, 7) is 5.88. The molecule has 0 amide bonds. The molecule has 25 heavy (non-hydrogen) atoms. The zero-order chi connectivity index (χ0) is 17.3. The Morgan fingerprint density at radius 3 is 2.84 bits per heavy atom. The van der Waals surface area contributed by atoms with Crippen molar-refractivity contribution in [2.75, 3.05) is 30.7 Å². The average Bonchev–Trinajstić information content (AvgIpc) is 2.95. The first kappa shape index (κ1) is 16.2. The summed E-state index contributed by atoms with van der Waals surface area (Å²) in [6.07, 6.45) is 10.3. The van der Waals surface area contributed by atoms with Crippen LogP contribution in [0.4, 0.5) is 11.9 Å². The molecule has 1 unspecified atom stereocenters. The zero-order valence-electron chi connectivity index (χ0n) is 14.7. The minimum Gasteiger partial charge on any atom is -0.368 e. The number of nitrogens with zero attached hydrogens (tertiary/aromatic N) is 5. The lowest BCUT2D eigenvalue weighted by atomic mass is 9.77. The molecule has 0 aromatic carbocycles. The van der Waals surface area contributed by atoms with Gasteiger partial charge in [-0.05, 0) is 44.7 Å². The molecule has 1 aliphatic heterocycles. The van der Waals surface area contributed by atoms with E-state index in [4.69, 9.17) is 5.73 Å². The molecule has 1 fully saturated rings. The van der Waals surface area contributed by atoms with Crippen LogP contribution >= 0.6 is 0 Å². The monoisotopic (exact) mass is 339 g/mol. The predicted octanol–water partition coefficient (Wildman–Crippen LogP) is 1.76. The average molecular weight is 339 g/mol. The van der Waals surface area contributed by atoms with Crippen LogP contribution in [0.25, 0.3) is 0 Å². The Labute approximate surface area is 148 Å². The molecule has 1 spiro atoms. The summed E-state index contributed by atoms with van der Waals surface area (Å²) in [7, 11) is 0. The molecule has 2 aliphatic rings. The normalized spacial score (nSPS) is 22.9. The molecule has 1 aliphatic carbocycles. The van der Waals surface area contributed by atoms with E-state index in [0.29, 0.717) is 11.9 Å². The molecule has 1 atom stereocenters. The van der Waals surface area contributed by atoms with Crippen LogP contribution in [0.15, 0.2) is 18.6 Å². The Balaban J connectivity index is 1.50. The van der Waals surface area contributed by atoms with E-state index in [1.165, 1.54) is 24.1 Å². The molecule has 0 saturated carbocycles. The van der Waals surface area contributed by atoms with E-state index in [0.717, 1.165) is 44.6 Å². The molecule has 0 radical (unpaired) electrons. The summed E-state index contributed by atoms with van der Waals surface area (Å²) in [5, 5.41) is 3.13. The van der Waals surface area contributed by atoms with Crippen molar-refractivity contribution < 1.29 is 0 Å². The number of likely N-dealkylation sites (tertiary alicyclic amines) is 1. The van der Waals surface area contributed by atoms with Gasteiger partial charge in [0.1, 0.15) is 0 Å². The SMILES string of the molecule is CCNc1ncc(CN2CCCC3(CCc4cnc(N)nc43)C2)cn1. The second-order valence-electron chi connectivity index (χ2n) is 7.14. The first-order chi connectivity index (χ1) is 12.2. The number of piperidine rings is 1. The minimum absolute atomic E-state index is 0.134. The fraction of sp³-hybridized carbons (Fsp3) is 0.556. The highest BCUT2D eigenvalue weighted by molar-refractivity contribution is 5.37. The standard InChI is InChI=1S/C18H25N7/c1-2-20-17-22-8-13(9-23-17)11-25-7-3-5-18(12-25)6-4-14-10-21-16(19)24-15(14)18/h8-10H,2-7,11-12H2,1H3,(H2,19,21,24)(H,20,22,23). The molecule has 7 nitrogen and oxygen atoms in total. The molecule has 2 aromatic heterocycles. The molecule has 2 aromatic rings. The Morgan fingerprint density at radius 1 is 1.20 bits per heavy atom. The Morgan fingerprint density at radius 2 is 2.04 bits per heavy atom. The highest BCUT2D eigenvalue weighted by Gasteiger charge is 2.43. The number of aryl methyl sites for hydroxylation is 1. The molecule has 4 rings (SSSR count). The summed E-state index contributed by atoms with van der Waals surface area (Å²) in [5.41, 5.74) is 9.60. The van der Waals surface area contributed by atoms with Gasteiger partial charge in [-0.15, -0.1) is 0 Å². The molecular weight excluding hydrogens is 314 g/mol. The fourth-order valence-corrected chi connectivity index (χ4v) is 4.26. The topological polar surface area (TPSA) is 92.9 Å². The van der Waals surface area contributed by atoms with E-state index in [2.05, 4.69) is 30.2 Å². The molecule has 132 valence electrons. The second-order valence-corrected chi connectivity index (χ2v) is 7.14. The van der Waals surface area contributed by atoms with Gasteiger partial charge in [0.15, 0.2) is 0 Å². The first-order valence-electron chi connectivity index (χ1n) is 9.07. The lowest BCUT2D eigenvalue weighted by Crippen LogP contribution is -2.45. The van der Waals surface area contributed by atoms with Crippen LogP contribution in [0, 0.1) is 0 Å². The summed E-state index contributed by atoms with van der Waals surface area (Å²) >= 11 is 0. The maximum Gasteiger partial charge on any atom is 0.222 e. The highest BCUT2D eigenvalue weighted by atomic mass is 15.2. The van der Waals surface area contributed by atoms with Gasteiger partial charge in [0.05, 0.1) is 5.69 Å². The van der Waals surface area contributed by atoms with E-state index in [-0.39, 0.29) is 5.41 Å². The number of rotatable bonds is 4. The molecule has 1 saturated heterocycles. The lowest BCUT2D eigenvalue weighted by molar-refractivity contribution is 0.136. The maximum absolute atomic E-state index is 5.86. The van der Waals surface area contributed by atoms with Crippen LogP contribution < -0.4 is 11.1 Å². The summed E-state index contributed by atoms with van der Waals surface area (Å²) in [4.78, 5) is 20.1. The van der Waals surface area contributed by atoms with E-state index >= 15 is 0 Å². The quantitative estimate of drug-likeness (QED) is 0.876. The number of fused-ring (bicyclic) bond motifs is 2. The van der Waals surface area contributed by atoms with Crippen molar-refractivity contribution >= 4 is 11.9 Å². The van der Waals surface area contributed by atoms with Crippen LogP contribution in [0.2, 0.25) is 0 Å². The zero-order valence-corrected chi connectivity index (χ0v) is 14.7. The van der Waals surface area contributed by atoms with Crippen molar-refractivity contribution in [2.45, 2.75) is 44.6 Å². The summed E-state index contributed by atoms with van der Waals surface area (Å²) < 4.78 is 0. The number of anilines is 2. The predicted molar refractivity (Wildman–Crippen MR) is 97.2 cm³/mol. The van der Waals surface area contributed by atoms with Crippen LogP contribution in [-0.2, 0) is 18.4 Å². The van der Waals surface area contributed by atoms with Crippen LogP contribution in [0.3, 0.4) is 0 Å². The van der Waals surface area contributed by atoms with E-state index in [1.807, 2.05) is 25.5 Å². The highest BCUT2D eigenvalue weighted by Crippen LogP contribution is 2.44. The van der Waals surface area contributed by atoms with Crippen molar-refractivity contribution in [3.05, 3.63) is 35.4 Å². The van der Waals surface area contributed by atoms with Gasteiger partial charge in [0.25, 0.3) is 0 Å². The van der Waals surface area contributed by atoms with E-state index in [1.54, 1.807) is 0 Å². The molecule has 3 N–H and O–H groups in total. The van der Waals surface area contributed by atoms with Gasteiger partial charge >= 0.3 is 0 Å². The fourth-order valence-electron chi connectivity index (χ4n) is 4.26. The number of hydrogen-bond acceptors (Lipinski definition) is 7. The largest absolute Gasteiger partial charge is 0.368 e. The van der Waals surface area contributed by atoms with Crippen LogP contribution in [0.1, 0.15) is 43.0 Å². The lowest BCUT2D eigenvalue weighted by Gasteiger charge is -2.40. The Hall–Kier alpha value is -2.28. The second kappa shape index (κ2) is 6.55. The van der Waals surface area contributed by atoms with Crippen molar-refractivity contribution in [1.29, 1.82) is 0 Å². The third kappa shape index (κ3) is 3.16.